The number of ketones is 1. The Balaban J connectivity index is 1.51. The van der Waals surface area contributed by atoms with E-state index in [0.717, 1.165) is 16.7 Å². The second kappa shape index (κ2) is 8.82. The van der Waals surface area contributed by atoms with Crippen LogP contribution in [-0.2, 0) is 16.0 Å². The molecule has 0 spiro atoms. The Morgan fingerprint density at radius 3 is 2.45 bits per heavy atom. The lowest BCUT2D eigenvalue weighted by Crippen LogP contribution is -2.15. The van der Waals surface area contributed by atoms with Gasteiger partial charge in [0.25, 0.3) is 0 Å². The normalized spacial score (nSPS) is 10.8. The molecule has 0 saturated carbocycles. The first-order valence-corrected chi connectivity index (χ1v) is 9.31. The van der Waals surface area contributed by atoms with Crippen LogP contribution in [0.4, 0.5) is 4.39 Å². The Morgan fingerprint density at radius 2 is 1.72 bits per heavy atom. The van der Waals surface area contributed by atoms with E-state index in [2.05, 4.69) is 4.98 Å². The Kier molecular flexibility index (Phi) is 6.22. The second-order valence-corrected chi connectivity index (χ2v) is 6.96. The van der Waals surface area contributed by atoms with Crippen molar-refractivity contribution in [2.75, 3.05) is 6.61 Å². The lowest BCUT2D eigenvalue weighted by Gasteiger charge is -2.09. The van der Waals surface area contributed by atoms with Gasteiger partial charge in [0.1, 0.15) is 5.82 Å². The van der Waals surface area contributed by atoms with E-state index in [0.29, 0.717) is 22.8 Å². The number of benzene rings is 2. The number of rotatable bonds is 7. The maximum atomic E-state index is 13.0. The van der Waals surface area contributed by atoms with Gasteiger partial charge in [-0.05, 0) is 67.8 Å². The molecule has 0 unspecified atom stereocenters. The summed E-state index contributed by atoms with van der Waals surface area (Å²) < 4.78 is 23.7. The molecule has 0 atom stereocenters. The SMILES string of the molecule is Cc1cc(C)c(C(=O)COC(=O)CCc2ncc(-c3ccc(F)cc3)o2)cc1C. The predicted octanol–water partition coefficient (Wildman–Crippen LogP) is 4.76. The van der Waals surface area contributed by atoms with Crippen LogP contribution < -0.4 is 0 Å². The molecule has 0 saturated heterocycles. The van der Waals surface area contributed by atoms with Crippen LogP contribution >= 0.6 is 0 Å². The molecule has 3 rings (SSSR count). The van der Waals surface area contributed by atoms with Crippen LogP contribution in [0.15, 0.2) is 47.0 Å². The highest BCUT2D eigenvalue weighted by molar-refractivity contribution is 5.99. The molecule has 0 bridgehead atoms. The number of hydrogen-bond acceptors (Lipinski definition) is 5. The van der Waals surface area contributed by atoms with Crippen LogP contribution in [-0.4, -0.2) is 23.3 Å². The highest BCUT2D eigenvalue weighted by Gasteiger charge is 2.15. The van der Waals surface area contributed by atoms with Crippen LogP contribution in [0.2, 0.25) is 0 Å². The summed E-state index contributed by atoms with van der Waals surface area (Å²) >= 11 is 0. The summed E-state index contributed by atoms with van der Waals surface area (Å²) in [5, 5.41) is 0. The fourth-order valence-corrected chi connectivity index (χ4v) is 2.94. The quantitative estimate of drug-likeness (QED) is 0.426. The van der Waals surface area contributed by atoms with Gasteiger partial charge in [-0.15, -0.1) is 0 Å². The molecule has 3 aromatic rings. The van der Waals surface area contributed by atoms with E-state index in [1.165, 1.54) is 18.3 Å². The maximum Gasteiger partial charge on any atom is 0.306 e. The molecule has 1 aromatic heterocycles. The summed E-state index contributed by atoms with van der Waals surface area (Å²) in [4.78, 5) is 28.5. The van der Waals surface area contributed by atoms with E-state index in [9.17, 15) is 14.0 Å². The number of aromatic nitrogens is 1. The van der Waals surface area contributed by atoms with E-state index < -0.39 is 5.97 Å². The molecule has 0 aliphatic rings. The number of oxazole rings is 1. The molecular formula is C23H22FNO4. The molecule has 0 amide bonds. The average Bonchev–Trinajstić information content (AvgIpc) is 3.17. The first-order chi connectivity index (χ1) is 13.8. The van der Waals surface area contributed by atoms with Crippen LogP contribution in [0, 0.1) is 26.6 Å². The Bertz CT molecular complexity index is 1040. The molecule has 0 N–H and O–H groups in total. The molecule has 0 aliphatic carbocycles. The van der Waals surface area contributed by atoms with Gasteiger partial charge in [-0.25, -0.2) is 9.37 Å². The summed E-state index contributed by atoms with van der Waals surface area (Å²) in [6, 6.07) is 9.63. The number of nitrogens with zero attached hydrogens (tertiary/aromatic N) is 1. The minimum absolute atomic E-state index is 0.0442. The number of Topliss-reactive ketones (excluding diaryl/α,β-unsaturated/α-hetero) is 1. The fourth-order valence-electron chi connectivity index (χ4n) is 2.94. The van der Waals surface area contributed by atoms with Gasteiger partial charge in [0.05, 0.1) is 12.6 Å². The summed E-state index contributed by atoms with van der Waals surface area (Å²) in [6.07, 6.45) is 1.82. The average molecular weight is 395 g/mol. The zero-order valence-corrected chi connectivity index (χ0v) is 16.6. The molecule has 150 valence electrons. The molecule has 0 radical (unpaired) electrons. The molecule has 29 heavy (non-hydrogen) atoms. The number of ether oxygens (including phenoxy) is 1. The van der Waals surface area contributed by atoms with E-state index in [-0.39, 0.29) is 31.0 Å². The van der Waals surface area contributed by atoms with Crippen molar-refractivity contribution in [1.82, 2.24) is 4.98 Å². The Labute approximate surface area is 168 Å². The van der Waals surface area contributed by atoms with Gasteiger partial charge < -0.3 is 9.15 Å². The van der Waals surface area contributed by atoms with Crippen LogP contribution in [0.5, 0.6) is 0 Å². The number of halogens is 1. The van der Waals surface area contributed by atoms with Gasteiger partial charge in [-0.2, -0.15) is 0 Å². The van der Waals surface area contributed by atoms with Crippen LogP contribution in [0.25, 0.3) is 11.3 Å². The van der Waals surface area contributed by atoms with E-state index in [1.54, 1.807) is 12.1 Å². The number of aryl methyl sites for hydroxylation is 4. The zero-order chi connectivity index (χ0) is 21.0. The summed E-state index contributed by atoms with van der Waals surface area (Å²) in [5.41, 5.74) is 4.26. The first kappa shape index (κ1) is 20.5. The van der Waals surface area contributed by atoms with Crippen molar-refractivity contribution in [3.05, 3.63) is 76.6 Å². The molecule has 0 fully saturated rings. The van der Waals surface area contributed by atoms with Crippen molar-refractivity contribution < 1.29 is 23.1 Å². The lowest BCUT2D eigenvalue weighted by molar-refractivity contribution is -0.142. The summed E-state index contributed by atoms with van der Waals surface area (Å²) in [6.45, 7) is 5.49. The molecule has 2 aromatic carbocycles. The standard InChI is InChI=1S/C23H22FNO4/c1-14-10-16(3)19(11-15(14)2)20(26)13-28-23(27)9-8-22-25-12-21(29-22)17-4-6-18(24)7-5-17/h4-7,10-12H,8-9,13H2,1-3H3. The van der Waals surface area contributed by atoms with E-state index in [4.69, 9.17) is 9.15 Å². The molecular weight excluding hydrogens is 373 g/mol. The number of esters is 1. The third-order valence-electron chi connectivity index (χ3n) is 4.73. The number of carbonyl (C=O) groups is 2. The maximum absolute atomic E-state index is 13.0. The predicted molar refractivity (Wildman–Crippen MR) is 106 cm³/mol. The van der Waals surface area contributed by atoms with Crippen LogP contribution in [0.1, 0.15) is 39.4 Å². The van der Waals surface area contributed by atoms with E-state index >= 15 is 0 Å². The molecule has 5 nitrogen and oxygen atoms in total. The fraction of sp³-hybridized carbons (Fsp3) is 0.261. The van der Waals surface area contributed by atoms with Gasteiger partial charge >= 0.3 is 5.97 Å². The highest BCUT2D eigenvalue weighted by Crippen LogP contribution is 2.21. The van der Waals surface area contributed by atoms with Crippen molar-refractivity contribution in [3.63, 3.8) is 0 Å². The van der Waals surface area contributed by atoms with Crippen molar-refractivity contribution in [1.29, 1.82) is 0 Å². The van der Waals surface area contributed by atoms with Gasteiger partial charge in [0.2, 0.25) is 5.78 Å². The summed E-state index contributed by atoms with van der Waals surface area (Å²) in [7, 11) is 0. The van der Waals surface area contributed by atoms with Crippen molar-refractivity contribution in [2.45, 2.75) is 33.6 Å². The topological polar surface area (TPSA) is 69.4 Å². The smallest absolute Gasteiger partial charge is 0.306 e. The first-order valence-electron chi connectivity index (χ1n) is 9.31. The Hall–Kier alpha value is -3.28. The van der Waals surface area contributed by atoms with Gasteiger partial charge in [-0.3, -0.25) is 9.59 Å². The van der Waals surface area contributed by atoms with E-state index in [1.807, 2.05) is 32.9 Å². The van der Waals surface area contributed by atoms with Crippen molar-refractivity contribution >= 4 is 11.8 Å². The van der Waals surface area contributed by atoms with Gasteiger partial charge in [0.15, 0.2) is 18.3 Å². The third-order valence-corrected chi connectivity index (χ3v) is 4.73. The number of carbonyl (C=O) groups excluding carboxylic acids is 2. The molecule has 1 heterocycles. The van der Waals surface area contributed by atoms with Gasteiger partial charge in [0, 0.05) is 17.5 Å². The van der Waals surface area contributed by atoms with Gasteiger partial charge in [-0.1, -0.05) is 6.07 Å². The third kappa shape index (κ3) is 5.16. The van der Waals surface area contributed by atoms with Crippen molar-refractivity contribution in [2.24, 2.45) is 0 Å². The zero-order valence-electron chi connectivity index (χ0n) is 16.6. The monoisotopic (exact) mass is 395 g/mol. The minimum atomic E-state index is -0.499. The minimum Gasteiger partial charge on any atom is -0.457 e. The second-order valence-electron chi connectivity index (χ2n) is 6.96. The largest absolute Gasteiger partial charge is 0.457 e. The molecule has 0 aliphatic heterocycles. The lowest BCUT2D eigenvalue weighted by atomic mass is 9.98. The highest BCUT2D eigenvalue weighted by atomic mass is 19.1. The number of hydrogen-bond donors (Lipinski definition) is 0. The van der Waals surface area contributed by atoms with Crippen LogP contribution in [0.3, 0.4) is 0 Å². The molecule has 6 heteroatoms. The summed E-state index contributed by atoms with van der Waals surface area (Å²) in [5.74, 6) is -0.192. The van der Waals surface area contributed by atoms with Crippen molar-refractivity contribution in [3.8, 4) is 11.3 Å². The Morgan fingerprint density at radius 1 is 1.03 bits per heavy atom.